The topological polar surface area (TPSA) is 0 Å². The molecule has 14 heavy (non-hydrogen) atoms. The molecule has 0 heteroatoms. The number of hydrogen-bond acceptors (Lipinski definition) is 0. The molecule has 0 aliphatic heterocycles. The minimum Gasteiger partial charge on any atom is -0.103 e. The second-order valence-electron chi connectivity index (χ2n) is 3.43. The minimum atomic E-state index is 1.00. The van der Waals surface area contributed by atoms with E-state index >= 15 is 0 Å². The molecule has 0 radical (unpaired) electrons. The standard InChI is InChI=1S/2C7H12/c1-4-5-6-7(2)3;1-4-6-7(3)5-2/h4,6H,1,5H2,2-3H3;4-5H,1,6H2,2-3H3/b;7-5+. The van der Waals surface area contributed by atoms with E-state index in [9.17, 15) is 0 Å². The maximum atomic E-state index is 3.61. The van der Waals surface area contributed by atoms with Crippen LogP contribution in [0.4, 0.5) is 0 Å². The fraction of sp³-hybridized carbons (Fsp3) is 0.429. The van der Waals surface area contributed by atoms with Gasteiger partial charge in [-0.3, -0.25) is 0 Å². The summed E-state index contributed by atoms with van der Waals surface area (Å²) >= 11 is 0. The van der Waals surface area contributed by atoms with Crippen molar-refractivity contribution < 1.29 is 0 Å². The lowest BCUT2D eigenvalue weighted by Crippen LogP contribution is -1.66. The number of rotatable bonds is 4. The van der Waals surface area contributed by atoms with Crippen LogP contribution in [-0.2, 0) is 0 Å². The van der Waals surface area contributed by atoms with Crippen molar-refractivity contribution in [2.45, 2.75) is 40.5 Å². The highest BCUT2D eigenvalue weighted by atomic mass is 13.8. The normalized spacial score (nSPS) is 9.57. The molecule has 0 saturated heterocycles. The van der Waals surface area contributed by atoms with Gasteiger partial charge in [-0.05, 0) is 40.5 Å². The summed E-state index contributed by atoms with van der Waals surface area (Å²) in [6.45, 7) is 15.5. The molecule has 0 unspecified atom stereocenters. The van der Waals surface area contributed by atoms with Gasteiger partial charge in [-0.2, -0.15) is 0 Å². The lowest BCUT2D eigenvalue weighted by molar-refractivity contribution is 1.20. The maximum absolute atomic E-state index is 3.61. The van der Waals surface area contributed by atoms with Crippen LogP contribution in [0.3, 0.4) is 0 Å². The van der Waals surface area contributed by atoms with Crippen LogP contribution in [0.25, 0.3) is 0 Å². The molecule has 0 atom stereocenters. The first-order chi connectivity index (χ1) is 6.58. The molecular weight excluding hydrogens is 168 g/mol. The SMILES string of the molecule is C=CC/C(C)=C/C.C=CCC=C(C)C. The van der Waals surface area contributed by atoms with Crippen LogP contribution in [0, 0.1) is 0 Å². The van der Waals surface area contributed by atoms with Crippen molar-refractivity contribution >= 4 is 0 Å². The number of allylic oxidation sites excluding steroid dienone is 6. The molecule has 0 N–H and O–H groups in total. The molecule has 0 spiro atoms. The van der Waals surface area contributed by atoms with Crippen LogP contribution in [0.1, 0.15) is 40.5 Å². The van der Waals surface area contributed by atoms with E-state index in [2.05, 4.69) is 46.1 Å². The highest BCUT2D eigenvalue weighted by Crippen LogP contribution is 1.97. The van der Waals surface area contributed by atoms with Crippen LogP contribution in [0.5, 0.6) is 0 Å². The van der Waals surface area contributed by atoms with E-state index in [1.807, 2.05) is 19.1 Å². The molecule has 0 heterocycles. The van der Waals surface area contributed by atoms with Gasteiger partial charge in [0, 0.05) is 0 Å². The zero-order valence-corrected chi connectivity index (χ0v) is 10.1. The van der Waals surface area contributed by atoms with Gasteiger partial charge in [0.1, 0.15) is 0 Å². The number of hydrogen-bond donors (Lipinski definition) is 0. The summed E-state index contributed by atoms with van der Waals surface area (Å²) in [5.74, 6) is 0. The Morgan fingerprint density at radius 1 is 1.07 bits per heavy atom. The van der Waals surface area contributed by atoms with Gasteiger partial charge in [0.15, 0.2) is 0 Å². The van der Waals surface area contributed by atoms with Gasteiger partial charge >= 0.3 is 0 Å². The molecule has 0 nitrogen and oxygen atoms in total. The Hall–Kier alpha value is -1.04. The summed E-state index contributed by atoms with van der Waals surface area (Å²) in [5.41, 5.74) is 2.75. The Balaban J connectivity index is 0. The van der Waals surface area contributed by atoms with Gasteiger partial charge < -0.3 is 0 Å². The Bertz CT molecular complexity index is 200. The van der Waals surface area contributed by atoms with E-state index in [1.165, 1.54) is 11.1 Å². The molecule has 0 amide bonds. The first-order valence-corrected chi connectivity index (χ1v) is 5.05. The van der Waals surface area contributed by atoms with Gasteiger partial charge in [0.05, 0.1) is 0 Å². The summed E-state index contributed by atoms with van der Waals surface area (Å²) in [7, 11) is 0. The van der Waals surface area contributed by atoms with Crippen molar-refractivity contribution in [1.82, 2.24) is 0 Å². The Kier molecular flexibility index (Phi) is 13.2. The molecule has 0 aromatic carbocycles. The van der Waals surface area contributed by atoms with E-state index < -0.39 is 0 Å². The highest BCUT2D eigenvalue weighted by Gasteiger charge is 1.76. The molecule has 0 aliphatic carbocycles. The van der Waals surface area contributed by atoms with E-state index in [-0.39, 0.29) is 0 Å². The van der Waals surface area contributed by atoms with Gasteiger partial charge in [-0.25, -0.2) is 0 Å². The van der Waals surface area contributed by atoms with Gasteiger partial charge in [-0.1, -0.05) is 35.5 Å². The molecule has 0 aromatic rings. The third-order valence-corrected chi connectivity index (χ3v) is 1.65. The minimum absolute atomic E-state index is 1.00. The average molecular weight is 192 g/mol. The molecule has 0 fully saturated rings. The second-order valence-corrected chi connectivity index (χ2v) is 3.43. The van der Waals surface area contributed by atoms with Crippen molar-refractivity contribution in [1.29, 1.82) is 0 Å². The third kappa shape index (κ3) is 17.2. The second kappa shape index (κ2) is 12.0. The quantitative estimate of drug-likeness (QED) is 0.546. The summed E-state index contributed by atoms with van der Waals surface area (Å²) in [5, 5.41) is 0. The summed E-state index contributed by atoms with van der Waals surface area (Å²) in [4.78, 5) is 0. The fourth-order valence-corrected chi connectivity index (χ4v) is 0.665. The lowest BCUT2D eigenvalue weighted by atomic mass is 10.2. The van der Waals surface area contributed by atoms with Crippen LogP contribution in [0.15, 0.2) is 48.6 Å². The molecule has 0 aromatic heterocycles. The highest BCUT2D eigenvalue weighted by molar-refractivity contribution is 5.00. The molecular formula is C14H24. The predicted molar refractivity (Wildman–Crippen MR) is 68.5 cm³/mol. The Labute approximate surface area is 89.7 Å². The van der Waals surface area contributed by atoms with Gasteiger partial charge in [-0.15, -0.1) is 13.2 Å². The maximum Gasteiger partial charge on any atom is -0.0144 e. The van der Waals surface area contributed by atoms with Gasteiger partial charge in [0.2, 0.25) is 0 Å². The van der Waals surface area contributed by atoms with E-state index in [1.54, 1.807) is 0 Å². The average Bonchev–Trinajstić information content (AvgIpc) is 2.16. The van der Waals surface area contributed by atoms with Crippen LogP contribution < -0.4 is 0 Å². The third-order valence-electron chi connectivity index (χ3n) is 1.65. The molecule has 0 saturated carbocycles. The van der Waals surface area contributed by atoms with Crippen LogP contribution in [-0.4, -0.2) is 0 Å². The monoisotopic (exact) mass is 192 g/mol. The van der Waals surface area contributed by atoms with Crippen LogP contribution >= 0.6 is 0 Å². The first kappa shape index (κ1) is 15.4. The van der Waals surface area contributed by atoms with Gasteiger partial charge in [0.25, 0.3) is 0 Å². The first-order valence-electron chi connectivity index (χ1n) is 5.05. The Morgan fingerprint density at radius 2 is 1.64 bits per heavy atom. The zero-order chi connectivity index (χ0) is 11.4. The van der Waals surface area contributed by atoms with Crippen molar-refractivity contribution in [2.24, 2.45) is 0 Å². The molecule has 0 bridgehead atoms. The Morgan fingerprint density at radius 3 is 1.79 bits per heavy atom. The smallest absolute Gasteiger partial charge is 0.0144 e. The molecule has 80 valence electrons. The van der Waals surface area contributed by atoms with Crippen molar-refractivity contribution in [2.75, 3.05) is 0 Å². The van der Waals surface area contributed by atoms with E-state index in [4.69, 9.17) is 0 Å². The summed E-state index contributed by atoms with van der Waals surface area (Å²) in [6, 6.07) is 0. The summed E-state index contributed by atoms with van der Waals surface area (Å²) in [6.07, 6.45) is 10.1. The largest absolute Gasteiger partial charge is 0.103 e. The predicted octanol–water partition coefficient (Wildman–Crippen LogP) is 5.06. The van der Waals surface area contributed by atoms with Crippen molar-refractivity contribution in [3.63, 3.8) is 0 Å². The van der Waals surface area contributed by atoms with Crippen LogP contribution in [0.2, 0.25) is 0 Å². The fourth-order valence-electron chi connectivity index (χ4n) is 0.665. The lowest BCUT2D eigenvalue weighted by Gasteiger charge is -1.87. The van der Waals surface area contributed by atoms with Crippen molar-refractivity contribution in [3.8, 4) is 0 Å². The zero-order valence-electron chi connectivity index (χ0n) is 10.1. The molecule has 0 aliphatic rings. The van der Waals surface area contributed by atoms with E-state index in [0.29, 0.717) is 0 Å². The van der Waals surface area contributed by atoms with Crippen molar-refractivity contribution in [3.05, 3.63) is 48.6 Å². The summed E-state index contributed by atoms with van der Waals surface area (Å²) < 4.78 is 0. The molecule has 0 rings (SSSR count). The van der Waals surface area contributed by atoms with E-state index in [0.717, 1.165) is 12.8 Å².